The summed E-state index contributed by atoms with van der Waals surface area (Å²) in [4.78, 5) is 11.7. The van der Waals surface area contributed by atoms with Crippen LogP contribution in [0, 0.1) is 12.7 Å². The van der Waals surface area contributed by atoms with Gasteiger partial charge < -0.3 is 4.74 Å². The van der Waals surface area contributed by atoms with E-state index < -0.39 is 5.97 Å². The van der Waals surface area contributed by atoms with Gasteiger partial charge in [-0.25, -0.2) is 9.18 Å². The van der Waals surface area contributed by atoms with E-state index in [1.165, 1.54) is 24.3 Å². The number of carbonyl (C=O) groups excluding carboxylic acids is 1. The summed E-state index contributed by atoms with van der Waals surface area (Å²) in [6, 6.07) is 13.0. The molecule has 0 aromatic heterocycles. The molecule has 0 spiro atoms. The summed E-state index contributed by atoms with van der Waals surface area (Å²) in [6.07, 6.45) is 0. The Morgan fingerprint density at radius 3 is 2.56 bits per heavy atom. The van der Waals surface area contributed by atoms with Gasteiger partial charge in [0.15, 0.2) is 0 Å². The second-order valence-corrected chi connectivity index (χ2v) is 4.07. The van der Waals surface area contributed by atoms with E-state index >= 15 is 0 Å². The molecular weight excluding hydrogens is 231 g/mol. The van der Waals surface area contributed by atoms with Crippen LogP contribution in [-0.2, 0) is 11.3 Å². The third kappa shape index (κ3) is 3.17. The Morgan fingerprint density at radius 2 is 1.89 bits per heavy atom. The van der Waals surface area contributed by atoms with Crippen molar-refractivity contribution in [1.82, 2.24) is 0 Å². The molecular formula is C15H13FO2. The Hall–Kier alpha value is -2.16. The van der Waals surface area contributed by atoms with Crippen LogP contribution in [0.4, 0.5) is 4.39 Å². The Morgan fingerprint density at radius 1 is 1.17 bits per heavy atom. The molecule has 0 radical (unpaired) electrons. The molecule has 2 aromatic rings. The van der Waals surface area contributed by atoms with Crippen LogP contribution in [0.1, 0.15) is 21.5 Å². The monoisotopic (exact) mass is 244 g/mol. The number of rotatable bonds is 3. The first-order valence-corrected chi connectivity index (χ1v) is 5.63. The van der Waals surface area contributed by atoms with E-state index in [4.69, 9.17) is 4.74 Å². The van der Waals surface area contributed by atoms with Crippen molar-refractivity contribution in [2.24, 2.45) is 0 Å². The molecule has 0 heterocycles. The van der Waals surface area contributed by atoms with Crippen molar-refractivity contribution < 1.29 is 13.9 Å². The van der Waals surface area contributed by atoms with Gasteiger partial charge in [-0.15, -0.1) is 0 Å². The maximum absolute atomic E-state index is 12.7. The number of hydrogen-bond acceptors (Lipinski definition) is 2. The van der Waals surface area contributed by atoms with E-state index in [2.05, 4.69) is 0 Å². The van der Waals surface area contributed by atoms with E-state index in [1.807, 2.05) is 31.2 Å². The molecule has 3 heteroatoms. The molecule has 2 aromatic carbocycles. The number of halogens is 1. The summed E-state index contributed by atoms with van der Waals surface area (Å²) >= 11 is 0. The number of esters is 1. The van der Waals surface area contributed by atoms with Crippen molar-refractivity contribution >= 4 is 5.97 Å². The van der Waals surface area contributed by atoms with E-state index in [9.17, 15) is 9.18 Å². The second-order valence-electron chi connectivity index (χ2n) is 4.07. The highest BCUT2D eigenvalue weighted by Crippen LogP contribution is 2.09. The Kier molecular flexibility index (Phi) is 3.72. The number of aryl methyl sites for hydroxylation is 1. The number of benzene rings is 2. The largest absolute Gasteiger partial charge is 0.457 e. The molecule has 0 atom stereocenters. The van der Waals surface area contributed by atoms with Gasteiger partial charge in [0.2, 0.25) is 0 Å². The van der Waals surface area contributed by atoms with Gasteiger partial charge in [0, 0.05) is 0 Å². The van der Waals surface area contributed by atoms with Crippen LogP contribution in [0.2, 0.25) is 0 Å². The molecule has 0 aliphatic rings. The minimum Gasteiger partial charge on any atom is -0.457 e. The molecule has 18 heavy (non-hydrogen) atoms. The zero-order valence-electron chi connectivity index (χ0n) is 10.0. The Bertz CT molecular complexity index is 547. The topological polar surface area (TPSA) is 26.3 Å². The molecule has 0 aliphatic carbocycles. The van der Waals surface area contributed by atoms with Crippen molar-refractivity contribution in [1.29, 1.82) is 0 Å². The van der Waals surface area contributed by atoms with E-state index in [-0.39, 0.29) is 12.4 Å². The normalized spacial score (nSPS) is 10.1. The first-order valence-electron chi connectivity index (χ1n) is 5.63. The third-order valence-electron chi connectivity index (χ3n) is 2.53. The molecule has 92 valence electrons. The molecule has 0 amide bonds. The first kappa shape index (κ1) is 12.3. The van der Waals surface area contributed by atoms with Crippen molar-refractivity contribution in [2.45, 2.75) is 13.5 Å². The summed E-state index contributed by atoms with van der Waals surface area (Å²) in [5.41, 5.74) is 2.40. The highest BCUT2D eigenvalue weighted by molar-refractivity contribution is 5.89. The van der Waals surface area contributed by atoms with Crippen molar-refractivity contribution in [3.8, 4) is 0 Å². The van der Waals surface area contributed by atoms with Gasteiger partial charge in [0.25, 0.3) is 0 Å². The Labute approximate surface area is 105 Å². The van der Waals surface area contributed by atoms with Gasteiger partial charge in [0.1, 0.15) is 12.4 Å². The summed E-state index contributed by atoms with van der Waals surface area (Å²) in [5.74, 6) is -0.818. The number of hydrogen-bond donors (Lipinski definition) is 0. The molecule has 0 saturated heterocycles. The van der Waals surface area contributed by atoms with Gasteiger partial charge in [-0.3, -0.25) is 0 Å². The fourth-order valence-corrected chi connectivity index (χ4v) is 1.62. The van der Waals surface area contributed by atoms with E-state index in [1.54, 1.807) is 0 Å². The van der Waals surface area contributed by atoms with Crippen molar-refractivity contribution in [3.63, 3.8) is 0 Å². The summed E-state index contributed by atoms with van der Waals surface area (Å²) in [5, 5.41) is 0. The molecule has 0 saturated carbocycles. The maximum Gasteiger partial charge on any atom is 0.338 e. The highest BCUT2D eigenvalue weighted by Gasteiger charge is 2.07. The predicted molar refractivity (Wildman–Crippen MR) is 66.7 cm³/mol. The lowest BCUT2D eigenvalue weighted by Crippen LogP contribution is -2.05. The SMILES string of the molecule is Cc1cccc(COC(=O)c2ccc(F)cc2)c1. The second kappa shape index (κ2) is 5.45. The highest BCUT2D eigenvalue weighted by atomic mass is 19.1. The fraction of sp³-hybridized carbons (Fsp3) is 0.133. The van der Waals surface area contributed by atoms with Crippen LogP contribution in [0.5, 0.6) is 0 Å². The van der Waals surface area contributed by atoms with Crippen LogP contribution >= 0.6 is 0 Å². The average Bonchev–Trinajstić information content (AvgIpc) is 2.37. The fourth-order valence-electron chi connectivity index (χ4n) is 1.62. The van der Waals surface area contributed by atoms with Crippen molar-refractivity contribution in [2.75, 3.05) is 0 Å². The standard InChI is InChI=1S/C15H13FO2/c1-11-3-2-4-12(9-11)10-18-15(17)13-5-7-14(16)8-6-13/h2-9H,10H2,1H3. The molecule has 0 N–H and O–H groups in total. The summed E-state index contributed by atoms with van der Waals surface area (Å²) < 4.78 is 17.8. The van der Waals surface area contributed by atoms with Crippen LogP contribution < -0.4 is 0 Å². The molecule has 2 rings (SSSR count). The predicted octanol–water partition coefficient (Wildman–Crippen LogP) is 3.49. The first-order chi connectivity index (χ1) is 8.65. The van der Waals surface area contributed by atoms with Crippen molar-refractivity contribution in [3.05, 3.63) is 71.0 Å². The van der Waals surface area contributed by atoms with Gasteiger partial charge in [-0.05, 0) is 36.8 Å². The quantitative estimate of drug-likeness (QED) is 0.772. The smallest absolute Gasteiger partial charge is 0.338 e. The Balaban J connectivity index is 1.98. The zero-order chi connectivity index (χ0) is 13.0. The minimum atomic E-state index is -0.448. The lowest BCUT2D eigenvalue weighted by molar-refractivity contribution is 0.0472. The van der Waals surface area contributed by atoms with E-state index in [0.717, 1.165) is 11.1 Å². The lowest BCUT2D eigenvalue weighted by atomic mass is 10.1. The number of carbonyl (C=O) groups is 1. The van der Waals surface area contributed by atoms with Gasteiger partial charge in [0.05, 0.1) is 5.56 Å². The maximum atomic E-state index is 12.7. The average molecular weight is 244 g/mol. The van der Waals surface area contributed by atoms with Crippen LogP contribution in [0.15, 0.2) is 48.5 Å². The van der Waals surface area contributed by atoms with Gasteiger partial charge in [-0.2, -0.15) is 0 Å². The van der Waals surface area contributed by atoms with Crippen LogP contribution in [-0.4, -0.2) is 5.97 Å². The van der Waals surface area contributed by atoms with Gasteiger partial charge in [-0.1, -0.05) is 29.8 Å². The number of ether oxygens (including phenoxy) is 1. The molecule has 0 fully saturated rings. The lowest BCUT2D eigenvalue weighted by Gasteiger charge is -2.05. The van der Waals surface area contributed by atoms with E-state index in [0.29, 0.717) is 5.56 Å². The van der Waals surface area contributed by atoms with Gasteiger partial charge >= 0.3 is 5.97 Å². The summed E-state index contributed by atoms with van der Waals surface area (Å²) in [6.45, 7) is 2.20. The summed E-state index contributed by atoms with van der Waals surface area (Å²) in [7, 11) is 0. The zero-order valence-corrected chi connectivity index (χ0v) is 10.0. The molecule has 2 nitrogen and oxygen atoms in total. The van der Waals surface area contributed by atoms with Crippen LogP contribution in [0.3, 0.4) is 0 Å². The minimum absolute atomic E-state index is 0.220. The van der Waals surface area contributed by atoms with Crippen LogP contribution in [0.25, 0.3) is 0 Å². The third-order valence-corrected chi connectivity index (χ3v) is 2.53. The molecule has 0 bridgehead atoms. The molecule has 0 aliphatic heterocycles. The molecule has 0 unspecified atom stereocenters.